The lowest BCUT2D eigenvalue weighted by atomic mass is 10.0. The number of ketones is 1. The van der Waals surface area contributed by atoms with Crippen LogP contribution in [0.5, 0.6) is 0 Å². The number of primary amides is 1. The van der Waals surface area contributed by atoms with Crippen LogP contribution in [0.15, 0.2) is 48.5 Å². The smallest absolute Gasteiger partial charge is 0.290 e. The molecule has 0 aliphatic carbocycles. The van der Waals surface area contributed by atoms with Gasteiger partial charge >= 0.3 is 0 Å². The Morgan fingerprint density at radius 3 is 2.41 bits per heavy atom. The molecule has 3 amide bonds. The van der Waals surface area contributed by atoms with Gasteiger partial charge in [0.25, 0.3) is 5.91 Å². The van der Waals surface area contributed by atoms with Gasteiger partial charge in [0.05, 0.1) is 0 Å². The Kier molecular flexibility index (Phi) is 5.03. The molecule has 27 heavy (non-hydrogen) atoms. The van der Waals surface area contributed by atoms with Crippen LogP contribution in [0.25, 0.3) is 11.1 Å². The van der Waals surface area contributed by atoms with Crippen LogP contribution in [-0.4, -0.2) is 42.0 Å². The van der Waals surface area contributed by atoms with Crippen LogP contribution in [0.2, 0.25) is 0 Å². The largest absolute Gasteiger partial charge is 0.366 e. The number of nitrogens with zero attached hydrogens (tertiary/aromatic N) is 1. The third kappa shape index (κ3) is 3.87. The van der Waals surface area contributed by atoms with Gasteiger partial charge in [0, 0.05) is 25.7 Å². The number of carbonyl (C=O) groups is 4. The molecule has 2 aromatic rings. The zero-order chi connectivity index (χ0) is 19.6. The summed E-state index contributed by atoms with van der Waals surface area (Å²) >= 11 is 0. The molecule has 1 heterocycles. The molecule has 1 saturated heterocycles. The summed E-state index contributed by atoms with van der Waals surface area (Å²) in [6.45, 7) is 0.327. The Balaban J connectivity index is 1.71. The molecule has 0 radical (unpaired) electrons. The SMILES string of the molecule is CN1CC(C(=O)NCc2cccc(-c3cccc(C(N)=O)c3)c2)C(=O)C1=O. The predicted molar refractivity (Wildman–Crippen MR) is 98.4 cm³/mol. The molecular formula is C20H19N3O4. The van der Waals surface area contributed by atoms with Crippen molar-refractivity contribution in [2.45, 2.75) is 6.54 Å². The van der Waals surface area contributed by atoms with Crippen LogP contribution in [0, 0.1) is 5.92 Å². The molecule has 3 rings (SSSR count). The van der Waals surface area contributed by atoms with Crippen LogP contribution in [0.3, 0.4) is 0 Å². The molecular weight excluding hydrogens is 346 g/mol. The minimum Gasteiger partial charge on any atom is -0.366 e. The summed E-state index contributed by atoms with van der Waals surface area (Å²) in [7, 11) is 1.50. The maximum absolute atomic E-state index is 12.2. The monoisotopic (exact) mass is 365 g/mol. The molecule has 1 atom stereocenters. The van der Waals surface area contributed by atoms with E-state index in [1.165, 1.54) is 11.9 Å². The van der Waals surface area contributed by atoms with E-state index in [2.05, 4.69) is 5.32 Å². The van der Waals surface area contributed by atoms with Crippen LogP contribution >= 0.6 is 0 Å². The second-order valence-electron chi connectivity index (χ2n) is 6.47. The Bertz CT molecular complexity index is 938. The van der Waals surface area contributed by atoms with E-state index >= 15 is 0 Å². The quantitative estimate of drug-likeness (QED) is 0.601. The van der Waals surface area contributed by atoms with Crippen molar-refractivity contribution in [1.29, 1.82) is 0 Å². The van der Waals surface area contributed by atoms with Gasteiger partial charge in [0.2, 0.25) is 17.6 Å². The Hall–Kier alpha value is -3.48. The van der Waals surface area contributed by atoms with Gasteiger partial charge in [-0.05, 0) is 34.9 Å². The number of nitrogens with two attached hydrogens (primary N) is 1. The molecule has 1 unspecified atom stereocenters. The summed E-state index contributed by atoms with van der Waals surface area (Å²) in [4.78, 5) is 48.2. The maximum atomic E-state index is 12.2. The highest BCUT2D eigenvalue weighted by atomic mass is 16.2. The predicted octanol–water partition coefficient (Wildman–Crippen LogP) is 0.726. The number of Topliss-reactive ketones (excluding diaryl/α,β-unsaturated/α-hetero) is 1. The summed E-state index contributed by atoms with van der Waals surface area (Å²) in [5, 5.41) is 2.71. The fourth-order valence-electron chi connectivity index (χ4n) is 3.00. The summed E-state index contributed by atoms with van der Waals surface area (Å²) in [5.74, 6) is -3.23. The number of likely N-dealkylation sites (N-methyl/N-ethyl adjacent to an activating group) is 1. The van der Waals surface area contributed by atoms with E-state index in [0.29, 0.717) is 5.56 Å². The minimum atomic E-state index is -0.960. The van der Waals surface area contributed by atoms with Crippen molar-refractivity contribution in [3.63, 3.8) is 0 Å². The van der Waals surface area contributed by atoms with Crippen molar-refractivity contribution < 1.29 is 19.2 Å². The van der Waals surface area contributed by atoms with Gasteiger partial charge in [0.15, 0.2) is 0 Å². The number of amides is 3. The van der Waals surface area contributed by atoms with Crippen LogP contribution < -0.4 is 11.1 Å². The molecule has 0 saturated carbocycles. The van der Waals surface area contributed by atoms with Crippen molar-refractivity contribution in [1.82, 2.24) is 10.2 Å². The number of hydrogen-bond acceptors (Lipinski definition) is 4. The van der Waals surface area contributed by atoms with Gasteiger partial charge < -0.3 is 16.0 Å². The molecule has 1 fully saturated rings. The molecule has 1 aliphatic rings. The molecule has 7 nitrogen and oxygen atoms in total. The first-order valence-electron chi connectivity index (χ1n) is 8.43. The van der Waals surface area contributed by atoms with E-state index in [9.17, 15) is 19.2 Å². The topological polar surface area (TPSA) is 110 Å². The van der Waals surface area contributed by atoms with Crippen molar-refractivity contribution in [3.05, 3.63) is 59.7 Å². The number of nitrogens with one attached hydrogen (secondary N) is 1. The summed E-state index contributed by atoms with van der Waals surface area (Å²) in [6.07, 6.45) is 0. The standard InChI is InChI=1S/C20H19N3O4/c1-23-11-16(17(24)20(23)27)19(26)22-10-12-4-2-5-13(8-12)14-6-3-7-15(9-14)18(21)25/h2-9,16H,10-11H2,1H3,(H2,21,25)(H,22,26). The zero-order valence-electron chi connectivity index (χ0n) is 14.8. The van der Waals surface area contributed by atoms with Gasteiger partial charge in [-0.15, -0.1) is 0 Å². The molecule has 0 spiro atoms. The van der Waals surface area contributed by atoms with E-state index in [4.69, 9.17) is 5.73 Å². The average Bonchev–Trinajstić information content (AvgIpc) is 2.94. The fraction of sp³-hybridized carbons (Fsp3) is 0.200. The van der Waals surface area contributed by atoms with Crippen molar-refractivity contribution in [2.75, 3.05) is 13.6 Å². The molecule has 138 valence electrons. The summed E-state index contributed by atoms with van der Waals surface area (Å²) in [6, 6.07) is 14.4. The first kappa shape index (κ1) is 18.3. The molecule has 2 aromatic carbocycles. The number of likely N-dealkylation sites (tertiary alicyclic amines) is 1. The molecule has 3 N–H and O–H groups in total. The minimum absolute atomic E-state index is 0.101. The highest BCUT2D eigenvalue weighted by molar-refractivity contribution is 6.42. The highest BCUT2D eigenvalue weighted by Gasteiger charge is 2.41. The van der Waals surface area contributed by atoms with Crippen LogP contribution in [-0.2, 0) is 20.9 Å². The van der Waals surface area contributed by atoms with Crippen LogP contribution in [0.1, 0.15) is 15.9 Å². The first-order chi connectivity index (χ1) is 12.9. The van der Waals surface area contributed by atoms with Crippen molar-refractivity contribution in [3.8, 4) is 11.1 Å². The molecule has 7 heteroatoms. The van der Waals surface area contributed by atoms with Gasteiger partial charge in [-0.2, -0.15) is 0 Å². The lowest BCUT2D eigenvalue weighted by Crippen LogP contribution is -2.35. The maximum Gasteiger partial charge on any atom is 0.290 e. The van der Waals surface area contributed by atoms with Gasteiger partial charge in [-0.25, -0.2) is 0 Å². The first-order valence-corrected chi connectivity index (χ1v) is 8.43. The fourth-order valence-corrected chi connectivity index (χ4v) is 3.00. The summed E-state index contributed by atoms with van der Waals surface area (Å²) < 4.78 is 0. The average molecular weight is 365 g/mol. The van der Waals surface area contributed by atoms with Crippen LogP contribution in [0.4, 0.5) is 0 Å². The number of rotatable bonds is 5. The van der Waals surface area contributed by atoms with Crippen molar-refractivity contribution in [2.24, 2.45) is 11.7 Å². The number of carbonyl (C=O) groups excluding carboxylic acids is 4. The lowest BCUT2D eigenvalue weighted by Gasteiger charge is -2.11. The number of benzene rings is 2. The molecule has 0 bridgehead atoms. The van der Waals surface area contributed by atoms with Gasteiger partial charge in [-0.3, -0.25) is 19.2 Å². The molecule has 0 aromatic heterocycles. The highest BCUT2D eigenvalue weighted by Crippen LogP contribution is 2.22. The zero-order valence-corrected chi connectivity index (χ0v) is 14.8. The van der Waals surface area contributed by atoms with E-state index in [0.717, 1.165) is 16.7 Å². The third-order valence-corrected chi connectivity index (χ3v) is 4.52. The van der Waals surface area contributed by atoms with Crippen molar-refractivity contribution >= 4 is 23.5 Å². The normalized spacial score (nSPS) is 16.5. The van der Waals surface area contributed by atoms with E-state index in [-0.39, 0.29) is 13.1 Å². The van der Waals surface area contributed by atoms with E-state index in [1.807, 2.05) is 30.3 Å². The Morgan fingerprint density at radius 1 is 1.11 bits per heavy atom. The lowest BCUT2D eigenvalue weighted by molar-refractivity contribution is -0.142. The van der Waals surface area contributed by atoms with E-state index < -0.39 is 29.4 Å². The van der Waals surface area contributed by atoms with Gasteiger partial charge in [-0.1, -0.05) is 30.3 Å². The second-order valence-corrected chi connectivity index (χ2v) is 6.47. The summed E-state index contributed by atoms with van der Waals surface area (Å²) in [5.41, 5.74) is 8.27. The third-order valence-electron chi connectivity index (χ3n) is 4.52. The Morgan fingerprint density at radius 2 is 1.78 bits per heavy atom. The van der Waals surface area contributed by atoms with Gasteiger partial charge in [0.1, 0.15) is 5.92 Å². The van der Waals surface area contributed by atoms with E-state index in [1.54, 1.807) is 18.2 Å². The molecule has 1 aliphatic heterocycles. The number of hydrogen-bond donors (Lipinski definition) is 2. The Labute approximate surface area is 156 Å². The second kappa shape index (κ2) is 7.41.